The summed E-state index contributed by atoms with van der Waals surface area (Å²) in [6.45, 7) is 6.91. The van der Waals surface area contributed by atoms with Crippen molar-refractivity contribution in [2.45, 2.75) is 103 Å². The van der Waals surface area contributed by atoms with E-state index in [0.717, 1.165) is 44.9 Å². The van der Waals surface area contributed by atoms with Crippen LogP contribution < -0.4 is 5.32 Å². The lowest BCUT2D eigenvalue weighted by atomic mass is 9.43. The van der Waals surface area contributed by atoms with Gasteiger partial charge in [0, 0.05) is 13.0 Å². The molecule has 1 amide bonds. The van der Waals surface area contributed by atoms with Gasteiger partial charge in [0.15, 0.2) is 0 Å². The van der Waals surface area contributed by atoms with Gasteiger partial charge in [-0.1, -0.05) is 20.8 Å². The van der Waals surface area contributed by atoms with Gasteiger partial charge in [0.1, 0.15) is 0 Å². The summed E-state index contributed by atoms with van der Waals surface area (Å²) in [6, 6.07) is 0. The zero-order valence-electron chi connectivity index (χ0n) is 21.1. The molecule has 5 unspecified atom stereocenters. The van der Waals surface area contributed by atoms with E-state index in [9.17, 15) is 24.9 Å². The Kier molecular flexibility index (Phi) is 7.39. The van der Waals surface area contributed by atoms with Gasteiger partial charge < -0.3 is 25.7 Å². The first-order chi connectivity index (χ1) is 16.0. The minimum Gasteiger partial charge on any atom is -0.481 e. The van der Waals surface area contributed by atoms with E-state index >= 15 is 0 Å². The highest BCUT2D eigenvalue weighted by molar-refractivity contribution is 5.76. The van der Waals surface area contributed by atoms with E-state index in [1.807, 2.05) is 0 Å². The fourth-order valence-corrected chi connectivity index (χ4v) is 9.09. The van der Waals surface area contributed by atoms with Crippen LogP contribution in [-0.4, -0.2) is 57.2 Å². The maximum Gasteiger partial charge on any atom is 0.305 e. The zero-order valence-corrected chi connectivity index (χ0v) is 21.1. The number of fused-ring (bicyclic) bond motifs is 5. The molecule has 7 heteroatoms. The van der Waals surface area contributed by atoms with Crippen molar-refractivity contribution in [1.29, 1.82) is 0 Å². The summed E-state index contributed by atoms with van der Waals surface area (Å²) < 4.78 is 0. The average Bonchev–Trinajstić information content (AvgIpc) is 3.12. The molecule has 4 fully saturated rings. The molecule has 4 aliphatic rings. The van der Waals surface area contributed by atoms with Crippen molar-refractivity contribution in [3.05, 3.63) is 0 Å². The molecule has 4 aliphatic carbocycles. The third-order valence-corrected chi connectivity index (χ3v) is 11.0. The van der Waals surface area contributed by atoms with Gasteiger partial charge in [-0.3, -0.25) is 9.59 Å². The van der Waals surface area contributed by atoms with E-state index in [4.69, 9.17) is 5.11 Å². The van der Waals surface area contributed by atoms with Crippen molar-refractivity contribution in [3.8, 4) is 0 Å². The molecule has 0 bridgehead atoms. The number of rotatable bonds is 7. The summed E-state index contributed by atoms with van der Waals surface area (Å²) >= 11 is 0. The number of hydrogen-bond donors (Lipinski definition) is 5. The van der Waals surface area contributed by atoms with Gasteiger partial charge in [-0.15, -0.1) is 0 Å². The Hall–Kier alpha value is -1.18. The van der Waals surface area contributed by atoms with Gasteiger partial charge in [-0.05, 0) is 97.7 Å². The summed E-state index contributed by atoms with van der Waals surface area (Å²) in [7, 11) is 0. The van der Waals surface area contributed by atoms with Gasteiger partial charge >= 0.3 is 5.97 Å². The van der Waals surface area contributed by atoms with Crippen molar-refractivity contribution in [3.63, 3.8) is 0 Å². The zero-order chi connectivity index (χ0) is 24.8. The predicted molar refractivity (Wildman–Crippen MR) is 128 cm³/mol. The number of hydrogen-bond acceptors (Lipinski definition) is 5. The Morgan fingerprint density at radius 2 is 1.74 bits per heavy atom. The summed E-state index contributed by atoms with van der Waals surface area (Å²) in [5.74, 6) is 0.609. The number of carbonyl (C=O) groups is 2. The van der Waals surface area contributed by atoms with Gasteiger partial charge in [0.2, 0.25) is 5.91 Å². The van der Waals surface area contributed by atoms with Gasteiger partial charge in [-0.2, -0.15) is 0 Å². The molecule has 4 rings (SSSR count). The SMILES string of the molecule is CC(CCC(=O)NCCC(=O)O)[C@H]1CCC2C3C(C[C@H](O)[C@@]21C)[C@@]1(C)CC[C@@H](O)CC1C[C@H]3O. The van der Waals surface area contributed by atoms with E-state index in [1.165, 1.54) is 0 Å². The van der Waals surface area contributed by atoms with Crippen LogP contribution in [0.2, 0.25) is 0 Å². The first kappa shape index (κ1) is 25.9. The molecule has 0 heterocycles. The third kappa shape index (κ3) is 4.41. The second kappa shape index (κ2) is 9.70. The summed E-state index contributed by atoms with van der Waals surface area (Å²) in [4.78, 5) is 22.8. The quantitative estimate of drug-likeness (QED) is 0.382. The Labute approximate surface area is 203 Å². The first-order valence-corrected chi connectivity index (χ1v) is 13.5. The van der Waals surface area contributed by atoms with E-state index in [0.29, 0.717) is 24.7 Å². The fourth-order valence-electron chi connectivity index (χ4n) is 9.09. The molecule has 194 valence electrons. The molecule has 0 aromatic carbocycles. The first-order valence-electron chi connectivity index (χ1n) is 13.5. The Bertz CT molecular complexity index is 774. The number of aliphatic hydroxyl groups is 3. The second-order valence-corrected chi connectivity index (χ2v) is 12.5. The van der Waals surface area contributed by atoms with Crippen molar-refractivity contribution in [1.82, 2.24) is 5.32 Å². The van der Waals surface area contributed by atoms with Gasteiger partial charge in [0.05, 0.1) is 24.7 Å². The molecule has 0 aliphatic heterocycles. The maximum absolute atomic E-state index is 12.2. The molecular weight excluding hydrogens is 434 g/mol. The lowest BCUT2D eigenvalue weighted by Crippen LogP contribution is -2.62. The summed E-state index contributed by atoms with van der Waals surface area (Å²) in [5.41, 5.74) is -0.193. The molecule has 0 spiro atoms. The monoisotopic (exact) mass is 479 g/mol. The Morgan fingerprint density at radius 3 is 2.44 bits per heavy atom. The number of aliphatic hydroxyl groups excluding tert-OH is 3. The molecule has 0 aromatic rings. The van der Waals surface area contributed by atoms with Crippen molar-refractivity contribution >= 4 is 11.9 Å². The van der Waals surface area contributed by atoms with Crippen LogP contribution in [0.15, 0.2) is 0 Å². The van der Waals surface area contributed by atoms with E-state index in [2.05, 4.69) is 26.1 Å². The number of nitrogens with one attached hydrogen (secondary N) is 1. The van der Waals surface area contributed by atoms with Gasteiger partial charge in [-0.25, -0.2) is 0 Å². The molecule has 0 aromatic heterocycles. The maximum atomic E-state index is 12.2. The van der Waals surface area contributed by atoms with Crippen LogP contribution in [0.5, 0.6) is 0 Å². The van der Waals surface area contributed by atoms with Crippen molar-refractivity contribution < 1.29 is 30.0 Å². The number of amides is 1. The Morgan fingerprint density at radius 1 is 1.00 bits per heavy atom. The molecular formula is C27H45NO6. The smallest absolute Gasteiger partial charge is 0.305 e. The number of carboxylic acids is 1. The third-order valence-electron chi connectivity index (χ3n) is 11.0. The molecule has 0 radical (unpaired) electrons. The molecule has 11 atom stereocenters. The molecule has 34 heavy (non-hydrogen) atoms. The predicted octanol–water partition coefficient (Wildman–Crippen LogP) is 2.96. The molecule has 5 N–H and O–H groups in total. The number of carboxylic acid groups (broad SMARTS) is 1. The van der Waals surface area contributed by atoms with Crippen LogP contribution in [0.1, 0.15) is 85.0 Å². The van der Waals surface area contributed by atoms with E-state index in [1.54, 1.807) is 0 Å². The van der Waals surface area contributed by atoms with Crippen LogP contribution in [0.3, 0.4) is 0 Å². The van der Waals surface area contributed by atoms with Crippen molar-refractivity contribution in [2.75, 3.05) is 6.54 Å². The summed E-state index contributed by atoms with van der Waals surface area (Å²) in [6.07, 6.45) is 6.00. The van der Waals surface area contributed by atoms with Crippen LogP contribution >= 0.6 is 0 Å². The molecule has 0 saturated heterocycles. The molecule has 7 nitrogen and oxygen atoms in total. The Balaban J connectivity index is 1.45. The number of carbonyl (C=O) groups excluding carboxylic acids is 1. The van der Waals surface area contributed by atoms with Crippen molar-refractivity contribution in [2.24, 2.45) is 46.3 Å². The fraction of sp³-hybridized carbons (Fsp3) is 0.926. The minimum atomic E-state index is -0.919. The lowest BCUT2D eigenvalue weighted by molar-refractivity contribution is -0.207. The second-order valence-electron chi connectivity index (χ2n) is 12.5. The molecule has 4 saturated carbocycles. The van der Waals surface area contributed by atoms with E-state index in [-0.39, 0.29) is 65.6 Å². The van der Waals surface area contributed by atoms with Gasteiger partial charge in [0.25, 0.3) is 0 Å². The lowest BCUT2D eigenvalue weighted by Gasteiger charge is -2.63. The summed E-state index contributed by atoms with van der Waals surface area (Å²) in [5, 5.41) is 44.7. The normalized spacial score (nSPS) is 46.6. The highest BCUT2D eigenvalue weighted by Crippen LogP contribution is 2.68. The van der Waals surface area contributed by atoms with Crippen LogP contribution in [0, 0.1) is 46.3 Å². The topological polar surface area (TPSA) is 127 Å². The van der Waals surface area contributed by atoms with Crippen LogP contribution in [-0.2, 0) is 9.59 Å². The van der Waals surface area contributed by atoms with Crippen LogP contribution in [0.4, 0.5) is 0 Å². The highest BCUT2D eigenvalue weighted by atomic mass is 16.4. The minimum absolute atomic E-state index is 0.0700. The average molecular weight is 480 g/mol. The van der Waals surface area contributed by atoms with Crippen LogP contribution in [0.25, 0.3) is 0 Å². The number of aliphatic carboxylic acids is 1. The van der Waals surface area contributed by atoms with E-state index < -0.39 is 12.1 Å². The standard InChI is InChI=1S/C27H45NO6/c1-15(4-7-23(32)28-11-9-24(33)34)18-5-6-19-25-20(14-22(31)27(18,19)3)26(2)10-8-17(29)12-16(26)13-21(25)30/h15-22,25,29-31H,4-14H2,1-3H3,(H,28,32)(H,33,34)/t15?,16?,17-,18-,19?,20?,21-,22+,25?,26+,27-/m1/s1. The largest absolute Gasteiger partial charge is 0.481 e. The highest BCUT2D eigenvalue weighted by Gasteiger charge is 2.65.